The van der Waals surface area contributed by atoms with Gasteiger partial charge in [-0.25, -0.2) is 17.8 Å². The quantitative estimate of drug-likeness (QED) is 0.750. The fourth-order valence-corrected chi connectivity index (χ4v) is 3.55. The van der Waals surface area contributed by atoms with Crippen molar-refractivity contribution < 1.29 is 8.42 Å². The smallest absolute Gasteiger partial charge is 0.240 e. The lowest BCUT2D eigenvalue weighted by Crippen LogP contribution is -2.27. The van der Waals surface area contributed by atoms with Crippen LogP contribution in [0.1, 0.15) is 18.4 Å². The lowest BCUT2D eigenvalue weighted by Gasteiger charge is -2.13. The maximum atomic E-state index is 12.4. The van der Waals surface area contributed by atoms with Gasteiger partial charge in [-0.05, 0) is 41.8 Å². The molecule has 24 heavy (non-hydrogen) atoms. The standard InChI is InChI=1S/C18H19N3O2S/c1-15(16-6-3-2-4-7-16)14-20-24(22,23)18-10-8-17(9-11-18)21-13-5-12-19-21/h2-13,15,20H,14H2,1H3/t15-/m0/s1. The average molecular weight is 341 g/mol. The Bertz CT molecular complexity index is 874. The highest BCUT2D eigenvalue weighted by Crippen LogP contribution is 2.16. The Labute approximate surface area is 142 Å². The molecule has 1 heterocycles. The highest BCUT2D eigenvalue weighted by atomic mass is 32.2. The minimum Gasteiger partial charge on any atom is -0.241 e. The van der Waals surface area contributed by atoms with Crippen LogP contribution in [0.3, 0.4) is 0 Å². The zero-order valence-electron chi connectivity index (χ0n) is 13.3. The Morgan fingerprint density at radius 2 is 1.75 bits per heavy atom. The molecule has 1 aromatic heterocycles. The maximum Gasteiger partial charge on any atom is 0.240 e. The van der Waals surface area contributed by atoms with E-state index in [4.69, 9.17) is 0 Å². The van der Waals surface area contributed by atoms with E-state index in [2.05, 4.69) is 9.82 Å². The van der Waals surface area contributed by atoms with Crippen LogP contribution in [0.2, 0.25) is 0 Å². The van der Waals surface area contributed by atoms with E-state index >= 15 is 0 Å². The van der Waals surface area contributed by atoms with Crippen molar-refractivity contribution in [1.29, 1.82) is 0 Å². The molecule has 2 aromatic carbocycles. The van der Waals surface area contributed by atoms with Crippen LogP contribution in [0.25, 0.3) is 5.69 Å². The van der Waals surface area contributed by atoms with Gasteiger partial charge in [0.25, 0.3) is 0 Å². The van der Waals surface area contributed by atoms with Crippen molar-refractivity contribution in [2.24, 2.45) is 0 Å². The second-order valence-electron chi connectivity index (χ2n) is 5.61. The van der Waals surface area contributed by atoms with Gasteiger partial charge in [-0.1, -0.05) is 37.3 Å². The number of sulfonamides is 1. The third-order valence-corrected chi connectivity index (χ3v) is 5.30. The van der Waals surface area contributed by atoms with E-state index in [-0.39, 0.29) is 10.8 Å². The van der Waals surface area contributed by atoms with Crippen LogP contribution in [0.15, 0.2) is 78.0 Å². The number of benzene rings is 2. The van der Waals surface area contributed by atoms with Crippen molar-refractivity contribution in [1.82, 2.24) is 14.5 Å². The summed E-state index contributed by atoms with van der Waals surface area (Å²) < 4.78 is 29.2. The fourth-order valence-electron chi connectivity index (χ4n) is 2.42. The summed E-state index contributed by atoms with van der Waals surface area (Å²) in [5.74, 6) is 0.101. The predicted octanol–water partition coefficient (Wildman–Crippen LogP) is 2.95. The van der Waals surface area contributed by atoms with E-state index in [0.717, 1.165) is 11.3 Å². The highest BCUT2D eigenvalue weighted by molar-refractivity contribution is 7.89. The van der Waals surface area contributed by atoms with E-state index in [1.54, 1.807) is 35.1 Å². The number of nitrogens with zero attached hydrogens (tertiary/aromatic N) is 2. The van der Waals surface area contributed by atoms with Crippen LogP contribution < -0.4 is 4.72 Å². The zero-order valence-corrected chi connectivity index (χ0v) is 14.1. The van der Waals surface area contributed by atoms with Gasteiger partial charge in [0.05, 0.1) is 10.6 Å². The molecule has 124 valence electrons. The SMILES string of the molecule is C[C@@H](CNS(=O)(=O)c1ccc(-n2cccn2)cc1)c1ccccc1. The summed E-state index contributed by atoms with van der Waals surface area (Å²) >= 11 is 0. The van der Waals surface area contributed by atoms with E-state index in [1.807, 2.05) is 49.5 Å². The first-order chi connectivity index (χ1) is 11.6. The summed E-state index contributed by atoms with van der Waals surface area (Å²) in [5.41, 5.74) is 1.92. The van der Waals surface area contributed by atoms with Gasteiger partial charge in [0.2, 0.25) is 10.0 Å². The number of hydrogen-bond donors (Lipinski definition) is 1. The summed E-state index contributed by atoms with van der Waals surface area (Å²) in [6, 6.07) is 18.3. The van der Waals surface area contributed by atoms with Crippen molar-refractivity contribution in [2.75, 3.05) is 6.54 Å². The van der Waals surface area contributed by atoms with E-state index in [9.17, 15) is 8.42 Å². The first-order valence-corrected chi connectivity index (χ1v) is 9.19. The van der Waals surface area contributed by atoms with E-state index in [1.165, 1.54) is 0 Å². The monoisotopic (exact) mass is 341 g/mol. The van der Waals surface area contributed by atoms with Gasteiger partial charge in [0.15, 0.2) is 0 Å². The molecule has 0 aliphatic rings. The highest BCUT2D eigenvalue weighted by Gasteiger charge is 2.16. The van der Waals surface area contributed by atoms with Gasteiger partial charge in [0, 0.05) is 18.9 Å². The van der Waals surface area contributed by atoms with E-state index < -0.39 is 10.0 Å². The minimum absolute atomic E-state index is 0.101. The van der Waals surface area contributed by atoms with Gasteiger partial charge in [-0.3, -0.25) is 0 Å². The van der Waals surface area contributed by atoms with Crippen LogP contribution >= 0.6 is 0 Å². The number of rotatable bonds is 6. The van der Waals surface area contributed by atoms with Gasteiger partial charge >= 0.3 is 0 Å². The summed E-state index contributed by atoms with van der Waals surface area (Å²) in [4.78, 5) is 0.249. The fraction of sp³-hybridized carbons (Fsp3) is 0.167. The third kappa shape index (κ3) is 3.72. The molecule has 0 unspecified atom stereocenters. The summed E-state index contributed by atoms with van der Waals surface area (Å²) in [6.07, 6.45) is 3.49. The number of aromatic nitrogens is 2. The normalized spacial score (nSPS) is 12.9. The molecule has 6 heteroatoms. The first-order valence-electron chi connectivity index (χ1n) is 7.71. The van der Waals surface area contributed by atoms with Crippen LogP contribution in [-0.4, -0.2) is 24.7 Å². The molecule has 1 atom stereocenters. The molecule has 0 spiro atoms. The second kappa shape index (κ2) is 6.98. The molecule has 0 aliphatic carbocycles. The Morgan fingerprint density at radius 1 is 1.04 bits per heavy atom. The van der Waals surface area contributed by atoms with Gasteiger partial charge in [0.1, 0.15) is 0 Å². The summed E-state index contributed by atoms with van der Waals surface area (Å²) in [7, 11) is -3.53. The van der Waals surface area contributed by atoms with Crippen LogP contribution in [0.4, 0.5) is 0 Å². The summed E-state index contributed by atoms with van der Waals surface area (Å²) in [5, 5.41) is 4.12. The van der Waals surface area contributed by atoms with Gasteiger partial charge < -0.3 is 0 Å². The Kier molecular flexibility index (Phi) is 4.78. The molecule has 0 fully saturated rings. The minimum atomic E-state index is -3.53. The van der Waals surface area contributed by atoms with Crippen molar-refractivity contribution >= 4 is 10.0 Å². The molecular formula is C18H19N3O2S. The topological polar surface area (TPSA) is 64.0 Å². The Morgan fingerprint density at radius 3 is 2.38 bits per heavy atom. The largest absolute Gasteiger partial charge is 0.241 e. The molecule has 3 aromatic rings. The van der Waals surface area contributed by atoms with Crippen LogP contribution in [0.5, 0.6) is 0 Å². The summed E-state index contributed by atoms with van der Waals surface area (Å²) in [6.45, 7) is 2.35. The third-order valence-electron chi connectivity index (χ3n) is 3.86. The molecular weight excluding hydrogens is 322 g/mol. The zero-order chi connectivity index (χ0) is 17.0. The predicted molar refractivity (Wildman–Crippen MR) is 93.6 cm³/mol. The Hall–Kier alpha value is -2.44. The number of nitrogens with one attached hydrogen (secondary N) is 1. The van der Waals surface area contributed by atoms with Crippen molar-refractivity contribution in [3.63, 3.8) is 0 Å². The lowest BCUT2D eigenvalue weighted by atomic mass is 10.0. The first kappa shape index (κ1) is 16.4. The molecule has 1 N–H and O–H groups in total. The van der Waals surface area contributed by atoms with Crippen LogP contribution in [-0.2, 0) is 10.0 Å². The van der Waals surface area contributed by atoms with Gasteiger partial charge in [-0.15, -0.1) is 0 Å². The maximum absolute atomic E-state index is 12.4. The molecule has 0 saturated heterocycles. The van der Waals surface area contributed by atoms with Crippen molar-refractivity contribution in [3.05, 3.63) is 78.6 Å². The Balaban J connectivity index is 1.69. The second-order valence-corrected chi connectivity index (χ2v) is 7.38. The molecule has 3 rings (SSSR count). The van der Waals surface area contributed by atoms with Crippen molar-refractivity contribution in [2.45, 2.75) is 17.7 Å². The molecule has 0 aliphatic heterocycles. The molecule has 0 radical (unpaired) electrons. The van der Waals surface area contributed by atoms with Crippen molar-refractivity contribution in [3.8, 4) is 5.69 Å². The van der Waals surface area contributed by atoms with Gasteiger partial charge in [-0.2, -0.15) is 5.10 Å². The lowest BCUT2D eigenvalue weighted by molar-refractivity contribution is 0.575. The molecule has 0 amide bonds. The average Bonchev–Trinajstić information content (AvgIpc) is 3.15. The molecule has 0 bridgehead atoms. The van der Waals surface area contributed by atoms with Crippen LogP contribution in [0, 0.1) is 0 Å². The van der Waals surface area contributed by atoms with E-state index in [0.29, 0.717) is 6.54 Å². The molecule has 0 saturated carbocycles. The number of hydrogen-bond acceptors (Lipinski definition) is 3. The molecule has 5 nitrogen and oxygen atoms in total.